The van der Waals surface area contributed by atoms with E-state index < -0.39 is 34.4 Å². The van der Waals surface area contributed by atoms with Gasteiger partial charge in [0.1, 0.15) is 70.8 Å². The van der Waals surface area contributed by atoms with Crippen LogP contribution in [0.2, 0.25) is 0 Å². The number of rotatable bonds is 2. The summed E-state index contributed by atoms with van der Waals surface area (Å²) in [5, 5.41) is 59.4. The Hall–Kier alpha value is -6.72. The lowest BCUT2D eigenvalue weighted by Gasteiger charge is -2.11. The highest BCUT2D eigenvalue weighted by molar-refractivity contribution is 6.29. The molecular weight excluding hydrogens is 544 g/mol. The number of nitrogens with zero attached hydrogens (tertiary/aromatic N) is 6. The van der Waals surface area contributed by atoms with Crippen molar-refractivity contribution in [2.45, 2.75) is 0 Å². The number of hydrogen-bond acceptors (Lipinski definition) is 6. The predicted octanol–water partition coefficient (Wildman–Crippen LogP) is 6.74. The molecule has 0 saturated heterocycles. The van der Waals surface area contributed by atoms with Gasteiger partial charge in [-0.3, -0.25) is 0 Å². The molecule has 0 aliphatic heterocycles. The van der Waals surface area contributed by atoms with Gasteiger partial charge in [0.05, 0.1) is 11.1 Å². The van der Waals surface area contributed by atoms with E-state index in [1.165, 1.54) is 12.1 Å². The van der Waals surface area contributed by atoms with Crippen molar-refractivity contribution in [2.75, 3.05) is 0 Å². The SMILES string of the molecule is N#CC(C#N)=C1C(c2cc(F)cc(F)c2)=C(C#N)c2cc3c(cc21)C(C#N)=C(c1cc(F)cc(F)c1)C3=C(C#N)C#N. The third-order valence-electron chi connectivity index (χ3n) is 6.71. The first-order valence-electron chi connectivity index (χ1n) is 11.7. The molecule has 0 atom stereocenters. The molecule has 0 heterocycles. The maximum Gasteiger partial charge on any atom is 0.138 e. The summed E-state index contributed by atoms with van der Waals surface area (Å²) in [6, 6.07) is 18.4. The zero-order valence-corrected chi connectivity index (χ0v) is 20.8. The number of fused-ring (bicyclic) bond motifs is 2. The van der Waals surface area contributed by atoms with E-state index >= 15 is 0 Å². The van der Waals surface area contributed by atoms with Crippen molar-refractivity contribution < 1.29 is 17.6 Å². The van der Waals surface area contributed by atoms with E-state index in [9.17, 15) is 49.1 Å². The Labute approximate surface area is 235 Å². The molecule has 2 aliphatic carbocycles. The van der Waals surface area contributed by atoms with Crippen LogP contribution in [0.25, 0.3) is 33.4 Å². The Kier molecular flexibility index (Phi) is 6.47. The Balaban J connectivity index is 1.95. The second-order valence-electron chi connectivity index (χ2n) is 8.93. The highest BCUT2D eigenvalue weighted by atomic mass is 19.1. The largest absolute Gasteiger partial charge is 0.207 e. The fourth-order valence-electron chi connectivity index (χ4n) is 5.21. The van der Waals surface area contributed by atoms with Gasteiger partial charge in [0.15, 0.2) is 0 Å². The van der Waals surface area contributed by atoms with Gasteiger partial charge in [0.2, 0.25) is 0 Å². The number of benzene rings is 3. The van der Waals surface area contributed by atoms with Crippen molar-refractivity contribution in [1.82, 2.24) is 0 Å². The van der Waals surface area contributed by atoms with Gasteiger partial charge in [0, 0.05) is 45.6 Å². The molecule has 0 radical (unpaired) electrons. The number of allylic oxidation sites excluding steroid dienone is 8. The molecule has 0 aromatic heterocycles. The van der Waals surface area contributed by atoms with E-state index in [0.29, 0.717) is 12.1 Å². The first-order valence-corrected chi connectivity index (χ1v) is 11.7. The van der Waals surface area contributed by atoms with Crippen LogP contribution in [-0.2, 0) is 0 Å². The number of nitriles is 6. The van der Waals surface area contributed by atoms with E-state index in [2.05, 4.69) is 0 Å². The van der Waals surface area contributed by atoms with Crippen LogP contribution < -0.4 is 0 Å². The molecule has 0 unspecified atom stereocenters. The first-order chi connectivity index (χ1) is 20.2. The highest BCUT2D eigenvalue weighted by Gasteiger charge is 2.37. The van der Waals surface area contributed by atoms with Gasteiger partial charge in [0.25, 0.3) is 0 Å². The molecule has 0 fully saturated rings. The lowest BCUT2D eigenvalue weighted by molar-refractivity contribution is 0.582. The fraction of sp³-hybridized carbons (Fsp3) is 0. The molecule has 0 saturated carbocycles. The molecular formula is C32H8F4N6. The normalized spacial score (nSPS) is 12.8. The van der Waals surface area contributed by atoms with Crippen molar-refractivity contribution >= 4 is 33.4 Å². The Morgan fingerprint density at radius 3 is 1.00 bits per heavy atom. The molecule has 0 amide bonds. The van der Waals surface area contributed by atoms with Crippen LogP contribution in [-0.4, -0.2) is 0 Å². The molecule has 3 aromatic rings. The van der Waals surface area contributed by atoms with Crippen molar-refractivity contribution in [2.24, 2.45) is 0 Å². The third-order valence-corrected chi connectivity index (χ3v) is 6.71. The smallest absolute Gasteiger partial charge is 0.138 e. The average Bonchev–Trinajstić information content (AvgIpc) is 3.44. The molecule has 2 aliphatic rings. The predicted molar refractivity (Wildman–Crippen MR) is 140 cm³/mol. The van der Waals surface area contributed by atoms with Crippen LogP contribution in [0.4, 0.5) is 17.6 Å². The van der Waals surface area contributed by atoms with E-state index in [0.717, 1.165) is 24.3 Å². The van der Waals surface area contributed by atoms with Gasteiger partial charge < -0.3 is 0 Å². The van der Waals surface area contributed by atoms with Crippen LogP contribution in [0.15, 0.2) is 59.7 Å². The molecule has 0 N–H and O–H groups in total. The van der Waals surface area contributed by atoms with Gasteiger partial charge in [-0.1, -0.05) is 0 Å². The lowest BCUT2D eigenvalue weighted by atomic mass is 9.90. The Bertz CT molecular complexity index is 1960. The van der Waals surface area contributed by atoms with Gasteiger partial charge in [-0.05, 0) is 58.7 Å². The van der Waals surface area contributed by atoms with Crippen LogP contribution in [0.1, 0.15) is 33.4 Å². The summed E-state index contributed by atoms with van der Waals surface area (Å²) in [6.45, 7) is 0. The maximum absolute atomic E-state index is 14.2. The average molecular weight is 552 g/mol. The van der Waals surface area contributed by atoms with Crippen LogP contribution in [0.3, 0.4) is 0 Å². The van der Waals surface area contributed by atoms with Crippen molar-refractivity contribution in [3.8, 4) is 36.4 Å². The second kappa shape index (κ2) is 10.1. The molecule has 42 heavy (non-hydrogen) atoms. The number of halogens is 4. The maximum atomic E-state index is 14.2. The van der Waals surface area contributed by atoms with E-state index in [-0.39, 0.29) is 66.8 Å². The third kappa shape index (κ3) is 3.99. The first kappa shape index (κ1) is 26.9. The highest BCUT2D eigenvalue weighted by Crippen LogP contribution is 2.54. The van der Waals surface area contributed by atoms with E-state index in [4.69, 9.17) is 0 Å². The van der Waals surface area contributed by atoms with E-state index in [1.54, 1.807) is 24.3 Å². The molecule has 6 nitrogen and oxygen atoms in total. The monoisotopic (exact) mass is 552 g/mol. The molecule has 3 aromatic carbocycles. The minimum Gasteiger partial charge on any atom is -0.207 e. The quantitative estimate of drug-likeness (QED) is 0.254. The lowest BCUT2D eigenvalue weighted by Crippen LogP contribution is -1.95. The van der Waals surface area contributed by atoms with Crippen LogP contribution in [0, 0.1) is 91.3 Å². The molecule has 5 rings (SSSR count). The van der Waals surface area contributed by atoms with Crippen molar-refractivity contribution in [1.29, 1.82) is 31.6 Å². The van der Waals surface area contributed by atoms with Gasteiger partial charge >= 0.3 is 0 Å². The Morgan fingerprint density at radius 2 is 0.738 bits per heavy atom. The molecule has 10 heteroatoms. The summed E-state index contributed by atoms with van der Waals surface area (Å²) in [5.74, 6) is -3.93. The van der Waals surface area contributed by atoms with Crippen molar-refractivity contribution in [3.63, 3.8) is 0 Å². The molecule has 194 valence electrons. The van der Waals surface area contributed by atoms with Crippen LogP contribution in [0.5, 0.6) is 0 Å². The van der Waals surface area contributed by atoms with Gasteiger partial charge in [-0.2, -0.15) is 31.6 Å². The van der Waals surface area contributed by atoms with Crippen molar-refractivity contribution in [3.05, 3.63) is 116 Å². The summed E-state index contributed by atoms with van der Waals surface area (Å²) in [7, 11) is 0. The Morgan fingerprint density at radius 1 is 0.429 bits per heavy atom. The van der Waals surface area contributed by atoms with Gasteiger partial charge in [-0.15, -0.1) is 0 Å². The zero-order valence-electron chi connectivity index (χ0n) is 20.8. The summed E-state index contributed by atoms with van der Waals surface area (Å²) in [5.41, 5.74) is -1.84. The molecule has 0 spiro atoms. The summed E-state index contributed by atoms with van der Waals surface area (Å²) in [6.07, 6.45) is 0. The van der Waals surface area contributed by atoms with Gasteiger partial charge in [-0.25, -0.2) is 17.6 Å². The topological polar surface area (TPSA) is 143 Å². The van der Waals surface area contributed by atoms with E-state index in [1.807, 2.05) is 12.1 Å². The minimum absolute atomic E-state index is 0.0746. The summed E-state index contributed by atoms with van der Waals surface area (Å²) < 4.78 is 57.0. The second-order valence-corrected chi connectivity index (χ2v) is 8.93. The standard InChI is InChI=1S/C32H8F4N6/c33-19-1-15(2-20(34)5-19)29-27(13-41)23-7-26-24(8-25(23)31(29)17(9-37)10-38)28(14-42)30(32(26)18(11-39)12-40)16-3-21(35)6-22(36)4-16/h1-8H. The minimum atomic E-state index is -0.984. The number of hydrogen-bond donors (Lipinski definition) is 0. The molecule has 0 bridgehead atoms. The fourth-order valence-corrected chi connectivity index (χ4v) is 5.21. The zero-order chi connectivity index (χ0) is 30.3. The van der Waals surface area contributed by atoms with Crippen LogP contribution >= 0.6 is 0 Å². The summed E-state index contributed by atoms with van der Waals surface area (Å²) >= 11 is 0. The summed E-state index contributed by atoms with van der Waals surface area (Å²) in [4.78, 5) is 0.